The quantitative estimate of drug-likeness (QED) is 0.606. The third-order valence-electron chi connectivity index (χ3n) is 2.14. The molecular formula is C13H17NO3. The highest BCUT2D eigenvalue weighted by Crippen LogP contribution is 2.16. The Morgan fingerprint density at radius 1 is 1.47 bits per heavy atom. The van der Waals surface area contributed by atoms with Gasteiger partial charge in [-0.1, -0.05) is 12.6 Å². The number of anilines is 1. The molecule has 1 rings (SSSR count). The lowest BCUT2D eigenvalue weighted by Gasteiger charge is -2.09. The normalized spacial score (nSPS) is 9.53. The van der Waals surface area contributed by atoms with E-state index < -0.39 is 0 Å². The van der Waals surface area contributed by atoms with Crippen molar-refractivity contribution in [3.63, 3.8) is 0 Å². The first-order chi connectivity index (χ1) is 8.17. The van der Waals surface area contributed by atoms with Crippen molar-refractivity contribution in [1.82, 2.24) is 0 Å². The van der Waals surface area contributed by atoms with E-state index in [1.54, 1.807) is 14.0 Å². The van der Waals surface area contributed by atoms with Gasteiger partial charge in [0, 0.05) is 23.9 Å². The Morgan fingerprint density at radius 2 is 2.24 bits per heavy atom. The van der Waals surface area contributed by atoms with Crippen molar-refractivity contribution in [2.45, 2.75) is 6.92 Å². The Balaban J connectivity index is 2.49. The topological polar surface area (TPSA) is 47.6 Å². The van der Waals surface area contributed by atoms with Crippen molar-refractivity contribution in [2.24, 2.45) is 0 Å². The van der Waals surface area contributed by atoms with Crippen LogP contribution in [-0.2, 0) is 9.53 Å². The minimum Gasteiger partial charge on any atom is -0.497 e. The van der Waals surface area contributed by atoms with Crippen LogP contribution >= 0.6 is 0 Å². The number of methoxy groups -OCH3 is 1. The summed E-state index contributed by atoms with van der Waals surface area (Å²) in [7, 11) is 1.61. The number of hydrogen-bond donors (Lipinski definition) is 1. The van der Waals surface area contributed by atoms with Crippen LogP contribution in [0.1, 0.15) is 6.92 Å². The maximum absolute atomic E-state index is 11.3. The molecule has 1 aromatic rings. The number of rotatable bonds is 6. The van der Waals surface area contributed by atoms with Crippen molar-refractivity contribution in [2.75, 3.05) is 25.6 Å². The molecule has 0 aliphatic rings. The first kappa shape index (κ1) is 13.1. The predicted octanol–water partition coefficient (Wildman–Crippen LogP) is 2.23. The summed E-state index contributed by atoms with van der Waals surface area (Å²) in [6, 6.07) is 7.46. The zero-order valence-corrected chi connectivity index (χ0v) is 10.2. The van der Waals surface area contributed by atoms with E-state index in [9.17, 15) is 4.79 Å². The molecule has 0 heterocycles. The molecule has 1 N–H and O–H groups in total. The second-order valence-corrected chi connectivity index (χ2v) is 3.41. The Kier molecular flexibility index (Phi) is 5.07. The van der Waals surface area contributed by atoms with Crippen LogP contribution in [-0.4, -0.2) is 26.2 Å². The molecule has 1 aromatic carbocycles. The Hall–Kier alpha value is -1.97. The van der Waals surface area contributed by atoms with E-state index in [1.165, 1.54) is 0 Å². The van der Waals surface area contributed by atoms with E-state index >= 15 is 0 Å². The fraction of sp³-hybridized carbons (Fsp3) is 0.308. The first-order valence-corrected chi connectivity index (χ1v) is 5.40. The summed E-state index contributed by atoms with van der Waals surface area (Å²) in [5.74, 6) is 0.389. The van der Waals surface area contributed by atoms with Gasteiger partial charge in [-0.05, 0) is 19.1 Å². The van der Waals surface area contributed by atoms with Crippen molar-refractivity contribution in [3.8, 4) is 5.75 Å². The monoisotopic (exact) mass is 235 g/mol. The van der Waals surface area contributed by atoms with Crippen LogP contribution in [0.3, 0.4) is 0 Å². The zero-order chi connectivity index (χ0) is 12.7. The van der Waals surface area contributed by atoms with Crippen LogP contribution in [0.4, 0.5) is 5.69 Å². The molecule has 0 saturated heterocycles. The number of hydrogen-bond acceptors (Lipinski definition) is 4. The predicted molar refractivity (Wildman–Crippen MR) is 67.3 cm³/mol. The molecule has 0 radical (unpaired) electrons. The van der Waals surface area contributed by atoms with Crippen molar-refractivity contribution < 1.29 is 14.3 Å². The third-order valence-corrected chi connectivity index (χ3v) is 2.14. The SMILES string of the molecule is C=C(CNc1cccc(OC)c1)C(=O)OCC. The molecule has 0 bridgehead atoms. The van der Waals surface area contributed by atoms with Crippen molar-refractivity contribution in [3.05, 3.63) is 36.4 Å². The summed E-state index contributed by atoms with van der Waals surface area (Å²) < 4.78 is 9.93. The van der Waals surface area contributed by atoms with Crippen LogP contribution in [0.2, 0.25) is 0 Å². The Labute approximate surface area is 101 Å². The number of nitrogens with one attached hydrogen (secondary N) is 1. The fourth-order valence-corrected chi connectivity index (χ4v) is 1.25. The molecule has 0 aliphatic carbocycles. The molecule has 0 atom stereocenters. The molecule has 4 nitrogen and oxygen atoms in total. The summed E-state index contributed by atoms with van der Waals surface area (Å²) in [6.45, 7) is 6.14. The minimum absolute atomic E-state index is 0.353. The van der Waals surface area contributed by atoms with E-state index in [-0.39, 0.29) is 5.97 Å². The van der Waals surface area contributed by atoms with E-state index in [4.69, 9.17) is 9.47 Å². The summed E-state index contributed by atoms with van der Waals surface area (Å²) in [4.78, 5) is 11.3. The molecule has 0 aromatic heterocycles. The lowest BCUT2D eigenvalue weighted by molar-refractivity contribution is -0.138. The first-order valence-electron chi connectivity index (χ1n) is 5.40. The number of benzene rings is 1. The van der Waals surface area contributed by atoms with Gasteiger partial charge in [0.2, 0.25) is 0 Å². The molecule has 0 fully saturated rings. The van der Waals surface area contributed by atoms with Gasteiger partial charge in [-0.3, -0.25) is 0 Å². The average molecular weight is 235 g/mol. The molecular weight excluding hydrogens is 218 g/mol. The minimum atomic E-state index is -0.372. The van der Waals surface area contributed by atoms with Crippen LogP contribution in [0.15, 0.2) is 36.4 Å². The Morgan fingerprint density at radius 3 is 2.88 bits per heavy atom. The van der Waals surface area contributed by atoms with E-state index in [0.29, 0.717) is 18.7 Å². The molecule has 0 aliphatic heterocycles. The number of esters is 1. The van der Waals surface area contributed by atoms with Gasteiger partial charge >= 0.3 is 5.97 Å². The standard InChI is InChI=1S/C13H17NO3/c1-4-17-13(15)10(2)9-14-11-6-5-7-12(8-11)16-3/h5-8,14H,2,4,9H2,1,3H3. The van der Waals surface area contributed by atoms with Crippen LogP contribution in [0, 0.1) is 0 Å². The molecule has 92 valence electrons. The van der Waals surface area contributed by atoms with E-state index in [2.05, 4.69) is 11.9 Å². The maximum atomic E-state index is 11.3. The molecule has 17 heavy (non-hydrogen) atoms. The van der Waals surface area contributed by atoms with Gasteiger partial charge in [-0.2, -0.15) is 0 Å². The summed E-state index contributed by atoms with van der Waals surface area (Å²) >= 11 is 0. The van der Waals surface area contributed by atoms with Gasteiger partial charge in [-0.15, -0.1) is 0 Å². The van der Waals surface area contributed by atoms with E-state index in [1.807, 2.05) is 24.3 Å². The van der Waals surface area contributed by atoms with Gasteiger partial charge in [-0.25, -0.2) is 4.79 Å². The molecule has 4 heteroatoms. The van der Waals surface area contributed by atoms with Crippen LogP contribution in [0.25, 0.3) is 0 Å². The lowest BCUT2D eigenvalue weighted by atomic mass is 10.2. The number of carbonyl (C=O) groups excluding carboxylic acids is 1. The van der Waals surface area contributed by atoms with Crippen LogP contribution in [0.5, 0.6) is 5.75 Å². The van der Waals surface area contributed by atoms with Gasteiger partial charge in [0.1, 0.15) is 5.75 Å². The number of ether oxygens (including phenoxy) is 2. The van der Waals surface area contributed by atoms with Gasteiger partial charge in [0.05, 0.1) is 13.7 Å². The second kappa shape index (κ2) is 6.58. The highest BCUT2D eigenvalue weighted by molar-refractivity contribution is 5.88. The van der Waals surface area contributed by atoms with Gasteiger partial charge in [0.25, 0.3) is 0 Å². The summed E-state index contributed by atoms with van der Waals surface area (Å²) in [5, 5.41) is 3.08. The highest BCUT2D eigenvalue weighted by atomic mass is 16.5. The van der Waals surface area contributed by atoms with Crippen molar-refractivity contribution in [1.29, 1.82) is 0 Å². The molecule has 0 amide bonds. The highest BCUT2D eigenvalue weighted by Gasteiger charge is 2.07. The summed E-state index contributed by atoms with van der Waals surface area (Å²) in [6.07, 6.45) is 0. The van der Waals surface area contributed by atoms with Gasteiger partial charge < -0.3 is 14.8 Å². The average Bonchev–Trinajstić information content (AvgIpc) is 2.36. The smallest absolute Gasteiger partial charge is 0.335 e. The maximum Gasteiger partial charge on any atom is 0.335 e. The second-order valence-electron chi connectivity index (χ2n) is 3.41. The lowest BCUT2D eigenvalue weighted by Crippen LogP contribution is -2.14. The Bertz CT molecular complexity index is 401. The largest absolute Gasteiger partial charge is 0.497 e. The van der Waals surface area contributed by atoms with Crippen LogP contribution < -0.4 is 10.1 Å². The molecule has 0 saturated carbocycles. The number of carbonyl (C=O) groups is 1. The fourth-order valence-electron chi connectivity index (χ4n) is 1.25. The zero-order valence-electron chi connectivity index (χ0n) is 10.2. The molecule has 0 unspecified atom stereocenters. The van der Waals surface area contributed by atoms with Gasteiger partial charge in [0.15, 0.2) is 0 Å². The van der Waals surface area contributed by atoms with E-state index in [0.717, 1.165) is 11.4 Å². The van der Waals surface area contributed by atoms with Crippen molar-refractivity contribution >= 4 is 11.7 Å². The molecule has 0 spiro atoms. The summed E-state index contributed by atoms with van der Waals surface area (Å²) in [5.41, 5.74) is 1.27. The third kappa shape index (κ3) is 4.18.